The van der Waals surface area contributed by atoms with Crippen LogP contribution in [0.25, 0.3) is 0 Å². The second-order valence-corrected chi connectivity index (χ2v) is 7.16. The van der Waals surface area contributed by atoms with Crippen LogP contribution in [0.15, 0.2) is 79.3 Å². The molecule has 0 saturated carbocycles. The van der Waals surface area contributed by atoms with Gasteiger partial charge in [0.15, 0.2) is 11.6 Å². The number of pyridine rings is 1. The Balaban J connectivity index is 1.73. The molecule has 0 spiro atoms. The van der Waals surface area contributed by atoms with Crippen LogP contribution in [0, 0.1) is 13.8 Å². The standard InChI is InChI=1S/C24H24N6/c1-17-11-12-20(18(2)14-17)29-23-22(25)24(28-16-27-23)30(21-10-6-7-13-26-21)15-19-8-4-3-5-9-19/h3-14,16H,15,25H2,1-2H3,(H,27,28,29). The largest absolute Gasteiger partial charge is 0.393 e. The summed E-state index contributed by atoms with van der Waals surface area (Å²) in [4.78, 5) is 15.4. The minimum atomic E-state index is 0.471. The summed E-state index contributed by atoms with van der Waals surface area (Å²) in [6.07, 6.45) is 3.29. The third kappa shape index (κ3) is 4.22. The summed E-state index contributed by atoms with van der Waals surface area (Å²) in [5, 5.41) is 3.36. The van der Waals surface area contributed by atoms with Crippen molar-refractivity contribution in [1.82, 2.24) is 15.0 Å². The van der Waals surface area contributed by atoms with Gasteiger partial charge in [-0.2, -0.15) is 0 Å². The molecule has 0 bridgehead atoms. The Morgan fingerprint density at radius 1 is 0.900 bits per heavy atom. The zero-order chi connectivity index (χ0) is 20.9. The van der Waals surface area contributed by atoms with Crippen LogP contribution in [-0.4, -0.2) is 15.0 Å². The van der Waals surface area contributed by atoms with Gasteiger partial charge in [-0.3, -0.25) is 0 Å². The predicted molar refractivity (Wildman–Crippen MR) is 122 cm³/mol. The van der Waals surface area contributed by atoms with Crippen LogP contribution in [0.1, 0.15) is 16.7 Å². The van der Waals surface area contributed by atoms with E-state index in [0.717, 1.165) is 22.6 Å². The zero-order valence-electron chi connectivity index (χ0n) is 17.1. The Morgan fingerprint density at radius 3 is 2.43 bits per heavy atom. The van der Waals surface area contributed by atoms with Crippen LogP contribution in [0.4, 0.5) is 28.8 Å². The fraction of sp³-hybridized carbons (Fsp3) is 0.125. The number of anilines is 5. The van der Waals surface area contributed by atoms with E-state index in [2.05, 4.69) is 58.4 Å². The van der Waals surface area contributed by atoms with E-state index in [1.165, 1.54) is 11.9 Å². The maximum Gasteiger partial charge on any atom is 0.163 e. The van der Waals surface area contributed by atoms with Crippen LogP contribution in [0.2, 0.25) is 0 Å². The number of nitrogens with two attached hydrogens (primary N) is 1. The molecule has 30 heavy (non-hydrogen) atoms. The minimum Gasteiger partial charge on any atom is -0.393 e. The van der Waals surface area contributed by atoms with Crippen molar-refractivity contribution in [3.8, 4) is 0 Å². The topological polar surface area (TPSA) is 80.0 Å². The average Bonchev–Trinajstić information content (AvgIpc) is 2.77. The first kappa shape index (κ1) is 19.4. The SMILES string of the molecule is Cc1ccc(Nc2ncnc(N(Cc3ccccc3)c3ccccn3)c2N)c(C)c1. The monoisotopic (exact) mass is 396 g/mol. The zero-order valence-corrected chi connectivity index (χ0v) is 17.1. The highest BCUT2D eigenvalue weighted by Gasteiger charge is 2.19. The summed E-state index contributed by atoms with van der Waals surface area (Å²) < 4.78 is 0. The molecule has 0 aliphatic rings. The van der Waals surface area contributed by atoms with E-state index >= 15 is 0 Å². The Hall–Kier alpha value is -3.93. The number of aromatic nitrogens is 3. The van der Waals surface area contributed by atoms with Crippen molar-refractivity contribution in [3.63, 3.8) is 0 Å². The van der Waals surface area contributed by atoms with Gasteiger partial charge in [0.2, 0.25) is 0 Å². The molecule has 4 aromatic rings. The summed E-state index contributed by atoms with van der Waals surface area (Å²) in [6, 6.07) is 22.2. The fourth-order valence-electron chi connectivity index (χ4n) is 3.33. The third-order valence-electron chi connectivity index (χ3n) is 4.86. The van der Waals surface area contributed by atoms with E-state index < -0.39 is 0 Å². The molecule has 0 radical (unpaired) electrons. The summed E-state index contributed by atoms with van der Waals surface area (Å²) in [5.41, 5.74) is 11.4. The normalized spacial score (nSPS) is 10.6. The lowest BCUT2D eigenvalue weighted by molar-refractivity contribution is 0.918. The molecule has 0 aliphatic carbocycles. The van der Waals surface area contributed by atoms with Crippen molar-refractivity contribution < 1.29 is 0 Å². The first-order valence-corrected chi connectivity index (χ1v) is 9.79. The molecule has 2 heterocycles. The highest BCUT2D eigenvalue weighted by Crippen LogP contribution is 2.34. The molecular weight excluding hydrogens is 372 g/mol. The van der Waals surface area contributed by atoms with Gasteiger partial charge in [0.05, 0.1) is 6.54 Å². The highest BCUT2D eigenvalue weighted by atomic mass is 15.3. The minimum absolute atomic E-state index is 0.471. The number of nitrogens with zero attached hydrogens (tertiary/aromatic N) is 4. The number of nitrogens with one attached hydrogen (secondary N) is 1. The van der Waals surface area contributed by atoms with Crippen molar-refractivity contribution in [2.45, 2.75) is 20.4 Å². The Morgan fingerprint density at radius 2 is 1.70 bits per heavy atom. The van der Waals surface area contributed by atoms with E-state index in [0.29, 0.717) is 23.9 Å². The third-order valence-corrected chi connectivity index (χ3v) is 4.86. The second kappa shape index (κ2) is 8.61. The van der Waals surface area contributed by atoms with Gasteiger partial charge in [-0.15, -0.1) is 0 Å². The van der Waals surface area contributed by atoms with Crippen LogP contribution in [-0.2, 0) is 6.54 Å². The molecule has 0 aliphatic heterocycles. The summed E-state index contributed by atoms with van der Waals surface area (Å²) >= 11 is 0. The molecule has 2 aromatic heterocycles. The van der Waals surface area contributed by atoms with Gasteiger partial charge in [0.1, 0.15) is 17.8 Å². The van der Waals surface area contributed by atoms with Crippen LogP contribution < -0.4 is 16.0 Å². The van der Waals surface area contributed by atoms with Gasteiger partial charge in [-0.25, -0.2) is 15.0 Å². The summed E-state index contributed by atoms with van der Waals surface area (Å²) in [5.74, 6) is 1.95. The van der Waals surface area contributed by atoms with Gasteiger partial charge in [-0.05, 0) is 43.2 Å². The molecule has 0 atom stereocenters. The molecule has 150 valence electrons. The molecule has 6 nitrogen and oxygen atoms in total. The van der Waals surface area contributed by atoms with Crippen LogP contribution >= 0.6 is 0 Å². The van der Waals surface area contributed by atoms with Crippen molar-refractivity contribution in [3.05, 3.63) is 95.9 Å². The molecule has 6 heteroatoms. The lowest BCUT2D eigenvalue weighted by Crippen LogP contribution is -2.21. The Bertz CT molecular complexity index is 1130. The smallest absolute Gasteiger partial charge is 0.163 e. The van der Waals surface area contributed by atoms with Gasteiger partial charge in [0, 0.05) is 11.9 Å². The van der Waals surface area contributed by atoms with Crippen molar-refractivity contribution in [2.75, 3.05) is 16.0 Å². The van der Waals surface area contributed by atoms with Gasteiger partial charge >= 0.3 is 0 Å². The molecule has 4 rings (SSSR count). The van der Waals surface area contributed by atoms with E-state index in [9.17, 15) is 0 Å². The van der Waals surface area contributed by atoms with Gasteiger partial charge in [0.25, 0.3) is 0 Å². The summed E-state index contributed by atoms with van der Waals surface area (Å²) in [7, 11) is 0. The maximum absolute atomic E-state index is 6.55. The maximum atomic E-state index is 6.55. The number of hydrogen-bond donors (Lipinski definition) is 2. The number of aryl methyl sites for hydroxylation is 2. The second-order valence-electron chi connectivity index (χ2n) is 7.16. The van der Waals surface area contributed by atoms with Crippen molar-refractivity contribution in [1.29, 1.82) is 0 Å². The lowest BCUT2D eigenvalue weighted by atomic mass is 10.1. The van der Waals surface area contributed by atoms with E-state index in [1.807, 2.05) is 47.4 Å². The summed E-state index contributed by atoms with van der Waals surface area (Å²) in [6.45, 7) is 4.72. The van der Waals surface area contributed by atoms with Crippen LogP contribution in [0.3, 0.4) is 0 Å². The average molecular weight is 396 g/mol. The van der Waals surface area contributed by atoms with Gasteiger partial charge in [-0.1, -0.05) is 54.1 Å². The highest BCUT2D eigenvalue weighted by molar-refractivity contribution is 5.81. The fourth-order valence-corrected chi connectivity index (χ4v) is 3.33. The molecule has 0 amide bonds. The predicted octanol–water partition coefficient (Wildman–Crippen LogP) is 5.15. The van der Waals surface area contributed by atoms with E-state index in [1.54, 1.807) is 6.20 Å². The van der Waals surface area contributed by atoms with E-state index in [-0.39, 0.29) is 0 Å². The Kier molecular flexibility index (Phi) is 5.57. The van der Waals surface area contributed by atoms with E-state index in [4.69, 9.17) is 5.73 Å². The molecule has 2 aromatic carbocycles. The number of hydrogen-bond acceptors (Lipinski definition) is 6. The van der Waals surface area contributed by atoms with Crippen LogP contribution in [0.5, 0.6) is 0 Å². The molecular formula is C24H24N6. The number of benzene rings is 2. The lowest BCUT2D eigenvalue weighted by Gasteiger charge is -2.25. The number of nitrogen functional groups attached to an aromatic ring is 1. The quantitative estimate of drug-likeness (QED) is 0.469. The molecule has 0 saturated heterocycles. The molecule has 3 N–H and O–H groups in total. The van der Waals surface area contributed by atoms with Crippen molar-refractivity contribution in [2.24, 2.45) is 0 Å². The molecule has 0 fully saturated rings. The first-order chi connectivity index (χ1) is 14.6. The van der Waals surface area contributed by atoms with Gasteiger partial charge < -0.3 is 16.0 Å². The Labute approximate surface area is 176 Å². The first-order valence-electron chi connectivity index (χ1n) is 9.79. The molecule has 0 unspecified atom stereocenters. The van der Waals surface area contributed by atoms with Crippen molar-refractivity contribution >= 4 is 28.8 Å². The number of rotatable bonds is 6.